The monoisotopic (exact) mass is 351 g/mol. The fourth-order valence-corrected chi connectivity index (χ4v) is 2.10. The Morgan fingerprint density at radius 3 is 2.68 bits per heavy atom. The lowest BCUT2D eigenvalue weighted by molar-refractivity contribution is -0.116. The van der Waals surface area contributed by atoms with Crippen LogP contribution in [0.15, 0.2) is 48.5 Å². The summed E-state index contributed by atoms with van der Waals surface area (Å²) in [6.45, 7) is -2.88. The standard InChI is InChI=1S/C18H16F3NO3/c1-24-15-7-3-5-13(17(15)25-18(20)21)8-9-16(23)22-11-12-4-2-6-14(19)10-12/h2-10,18H,11H2,1H3,(H,22,23)/b9-8+. The molecule has 132 valence electrons. The highest BCUT2D eigenvalue weighted by atomic mass is 19.3. The molecule has 0 aromatic heterocycles. The summed E-state index contributed by atoms with van der Waals surface area (Å²) in [6.07, 6.45) is 2.51. The molecule has 0 saturated heterocycles. The Morgan fingerprint density at radius 2 is 2.00 bits per heavy atom. The molecule has 0 fully saturated rings. The number of carbonyl (C=O) groups excluding carboxylic acids is 1. The highest BCUT2D eigenvalue weighted by Gasteiger charge is 2.13. The molecule has 0 bridgehead atoms. The van der Waals surface area contributed by atoms with E-state index in [0.717, 1.165) is 0 Å². The van der Waals surface area contributed by atoms with Gasteiger partial charge in [0.25, 0.3) is 0 Å². The van der Waals surface area contributed by atoms with Gasteiger partial charge in [0.05, 0.1) is 7.11 Å². The van der Waals surface area contributed by atoms with Crippen molar-refractivity contribution in [3.63, 3.8) is 0 Å². The Kier molecular flexibility index (Phi) is 6.45. The molecule has 0 heterocycles. The molecule has 7 heteroatoms. The molecule has 25 heavy (non-hydrogen) atoms. The lowest BCUT2D eigenvalue weighted by atomic mass is 10.1. The average Bonchev–Trinajstić information content (AvgIpc) is 2.58. The number of alkyl halides is 2. The summed E-state index contributed by atoms with van der Waals surface area (Å²) in [5.74, 6) is -0.890. The first-order chi connectivity index (χ1) is 12.0. The highest BCUT2D eigenvalue weighted by Crippen LogP contribution is 2.33. The van der Waals surface area contributed by atoms with Gasteiger partial charge in [-0.3, -0.25) is 4.79 Å². The van der Waals surface area contributed by atoms with Crippen LogP contribution in [-0.2, 0) is 11.3 Å². The fraction of sp³-hybridized carbons (Fsp3) is 0.167. The minimum Gasteiger partial charge on any atom is -0.493 e. The average molecular weight is 351 g/mol. The third-order valence-corrected chi connectivity index (χ3v) is 3.21. The molecule has 0 spiro atoms. The van der Waals surface area contributed by atoms with E-state index < -0.39 is 18.3 Å². The minimum atomic E-state index is -3.02. The first-order valence-corrected chi connectivity index (χ1v) is 7.31. The number of amides is 1. The molecule has 0 radical (unpaired) electrons. The van der Waals surface area contributed by atoms with Crippen LogP contribution in [0.1, 0.15) is 11.1 Å². The predicted molar refractivity (Wildman–Crippen MR) is 86.9 cm³/mol. The number of para-hydroxylation sites is 1. The Balaban J connectivity index is 2.06. The van der Waals surface area contributed by atoms with E-state index in [1.807, 2.05) is 0 Å². The van der Waals surface area contributed by atoms with Gasteiger partial charge in [0.15, 0.2) is 11.5 Å². The predicted octanol–water partition coefficient (Wildman–Crippen LogP) is 3.77. The second kappa shape index (κ2) is 8.77. The van der Waals surface area contributed by atoms with E-state index >= 15 is 0 Å². The number of benzene rings is 2. The zero-order chi connectivity index (χ0) is 18.2. The molecule has 1 amide bonds. The molecule has 0 aliphatic rings. The van der Waals surface area contributed by atoms with Gasteiger partial charge < -0.3 is 14.8 Å². The summed E-state index contributed by atoms with van der Waals surface area (Å²) >= 11 is 0. The van der Waals surface area contributed by atoms with Crippen molar-refractivity contribution in [3.8, 4) is 11.5 Å². The largest absolute Gasteiger partial charge is 0.493 e. The van der Waals surface area contributed by atoms with Gasteiger partial charge in [-0.15, -0.1) is 0 Å². The molecule has 0 unspecified atom stereocenters. The maximum absolute atomic E-state index is 13.1. The van der Waals surface area contributed by atoms with Gasteiger partial charge in [-0.25, -0.2) is 4.39 Å². The van der Waals surface area contributed by atoms with Crippen LogP contribution in [0, 0.1) is 5.82 Å². The Bertz CT molecular complexity index is 763. The molecule has 2 aromatic rings. The minimum absolute atomic E-state index is 0.127. The maximum atomic E-state index is 13.1. The van der Waals surface area contributed by atoms with Crippen LogP contribution in [0.25, 0.3) is 6.08 Å². The van der Waals surface area contributed by atoms with Gasteiger partial charge in [0.1, 0.15) is 5.82 Å². The summed E-state index contributed by atoms with van der Waals surface area (Å²) < 4.78 is 47.6. The molecule has 0 saturated carbocycles. The Morgan fingerprint density at radius 1 is 1.24 bits per heavy atom. The fourth-order valence-electron chi connectivity index (χ4n) is 2.10. The number of methoxy groups -OCH3 is 1. The smallest absolute Gasteiger partial charge is 0.387 e. The molecule has 2 rings (SSSR count). The van der Waals surface area contributed by atoms with Crippen molar-refractivity contribution in [1.82, 2.24) is 5.32 Å². The van der Waals surface area contributed by atoms with Crippen molar-refractivity contribution in [1.29, 1.82) is 0 Å². The van der Waals surface area contributed by atoms with Crippen LogP contribution in [0.5, 0.6) is 11.5 Å². The number of ether oxygens (including phenoxy) is 2. The second-order valence-electron chi connectivity index (χ2n) is 4.94. The highest BCUT2D eigenvalue weighted by molar-refractivity contribution is 5.92. The van der Waals surface area contributed by atoms with Crippen LogP contribution in [0.3, 0.4) is 0 Å². The van der Waals surface area contributed by atoms with Gasteiger partial charge in [-0.2, -0.15) is 8.78 Å². The summed E-state index contributed by atoms with van der Waals surface area (Å²) in [7, 11) is 1.33. The Hall–Kier alpha value is -2.96. The van der Waals surface area contributed by atoms with Crippen molar-refractivity contribution in [3.05, 3.63) is 65.5 Å². The third-order valence-electron chi connectivity index (χ3n) is 3.21. The van der Waals surface area contributed by atoms with E-state index in [-0.39, 0.29) is 23.6 Å². The third kappa shape index (κ3) is 5.56. The summed E-state index contributed by atoms with van der Waals surface area (Å²) in [5.41, 5.74) is 0.866. The second-order valence-corrected chi connectivity index (χ2v) is 4.94. The lowest BCUT2D eigenvalue weighted by Crippen LogP contribution is -2.20. The zero-order valence-corrected chi connectivity index (χ0v) is 13.3. The van der Waals surface area contributed by atoms with E-state index in [2.05, 4.69) is 10.1 Å². The number of hydrogen-bond acceptors (Lipinski definition) is 3. The first-order valence-electron chi connectivity index (χ1n) is 7.31. The number of hydrogen-bond donors (Lipinski definition) is 1. The van der Waals surface area contributed by atoms with Gasteiger partial charge in [-0.05, 0) is 29.8 Å². The molecule has 4 nitrogen and oxygen atoms in total. The summed E-state index contributed by atoms with van der Waals surface area (Å²) in [6, 6.07) is 10.4. The lowest BCUT2D eigenvalue weighted by Gasteiger charge is -2.12. The van der Waals surface area contributed by atoms with Crippen molar-refractivity contribution < 1.29 is 27.4 Å². The van der Waals surface area contributed by atoms with Crippen LogP contribution < -0.4 is 14.8 Å². The quantitative estimate of drug-likeness (QED) is 0.773. The van der Waals surface area contributed by atoms with Crippen molar-refractivity contribution in [2.75, 3.05) is 7.11 Å². The molecule has 1 N–H and O–H groups in total. The molecular weight excluding hydrogens is 335 g/mol. The summed E-state index contributed by atoms with van der Waals surface area (Å²) in [4.78, 5) is 11.9. The first kappa shape index (κ1) is 18.4. The van der Waals surface area contributed by atoms with E-state index in [1.165, 1.54) is 49.6 Å². The molecule has 0 atom stereocenters. The maximum Gasteiger partial charge on any atom is 0.387 e. The van der Waals surface area contributed by atoms with Crippen LogP contribution in [-0.4, -0.2) is 19.6 Å². The molecule has 0 aliphatic carbocycles. The van der Waals surface area contributed by atoms with Crippen molar-refractivity contribution >= 4 is 12.0 Å². The van der Waals surface area contributed by atoms with Crippen LogP contribution in [0.4, 0.5) is 13.2 Å². The number of halogens is 3. The van der Waals surface area contributed by atoms with Crippen LogP contribution >= 0.6 is 0 Å². The number of carbonyl (C=O) groups is 1. The molecule has 2 aromatic carbocycles. The molecule has 0 aliphatic heterocycles. The topological polar surface area (TPSA) is 47.6 Å². The van der Waals surface area contributed by atoms with Crippen molar-refractivity contribution in [2.24, 2.45) is 0 Å². The SMILES string of the molecule is COc1cccc(/C=C/C(=O)NCc2cccc(F)c2)c1OC(F)F. The normalized spacial score (nSPS) is 10.9. The number of rotatable bonds is 7. The molecular formula is C18H16F3NO3. The zero-order valence-electron chi connectivity index (χ0n) is 13.3. The van der Waals surface area contributed by atoms with E-state index in [0.29, 0.717) is 5.56 Å². The van der Waals surface area contributed by atoms with Gasteiger partial charge in [0, 0.05) is 18.2 Å². The Labute approximate surface area is 142 Å². The summed E-state index contributed by atoms with van der Waals surface area (Å²) in [5, 5.41) is 2.57. The van der Waals surface area contributed by atoms with Crippen LogP contribution in [0.2, 0.25) is 0 Å². The van der Waals surface area contributed by atoms with E-state index in [4.69, 9.17) is 4.74 Å². The van der Waals surface area contributed by atoms with Gasteiger partial charge in [-0.1, -0.05) is 24.3 Å². The van der Waals surface area contributed by atoms with Crippen molar-refractivity contribution in [2.45, 2.75) is 13.2 Å². The van der Waals surface area contributed by atoms with Gasteiger partial charge in [0.2, 0.25) is 5.91 Å². The van der Waals surface area contributed by atoms with Gasteiger partial charge >= 0.3 is 6.61 Å². The number of nitrogens with one attached hydrogen (secondary N) is 1. The van der Waals surface area contributed by atoms with E-state index in [1.54, 1.807) is 12.1 Å². The van der Waals surface area contributed by atoms with E-state index in [9.17, 15) is 18.0 Å².